The van der Waals surface area contributed by atoms with E-state index in [9.17, 15) is 28.8 Å². The fourth-order valence-electron chi connectivity index (χ4n) is 6.54. The summed E-state index contributed by atoms with van der Waals surface area (Å²) in [4.78, 5) is 78.9. The van der Waals surface area contributed by atoms with Crippen LogP contribution in [-0.2, 0) is 37.9 Å². The number of hydrogen-bond acceptors (Lipinski definition) is 12. The number of rotatable bonds is 23. The molecule has 0 spiro atoms. The first-order valence-electron chi connectivity index (χ1n) is 21.6. The third kappa shape index (κ3) is 15.5. The molecule has 5 aromatic rings. The summed E-state index contributed by atoms with van der Waals surface area (Å²) in [5.41, 5.74) is 3.81. The molecule has 0 saturated carbocycles. The van der Waals surface area contributed by atoms with E-state index in [2.05, 4.69) is 41.7 Å². The average molecular weight is 1050 g/mol. The van der Waals surface area contributed by atoms with Gasteiger partial charge in [-0.3, -0.25) is 28.8 Å². The summed E-state index contributed by atoms with van der Waals surface area (Å²) < 4.78 is 11.4. The first kappa shape index (κ1) is 54.5. The molecule has 366 valence electrons. The van der Waals surface area contributed by atoms with Gasteiger partial charge >= 0.3 is 0 Å². The molecule has 0 aromatic heterocycles. The number of carbonyl (C=O) groups is 6. The maximum atomic E-state index is 13.5. The second-order valence-electron chi connectivity index (χ2n) is 15.2. The number of benzene rings is 5. The van der Waals surface area contributed by atoms with Crippen LogP contribution >= 0.6 is 58.0 Å². The smallest absolute Gasteiger partial charge is 0.258 e. The minimum absolute atomic E-state index is 0.0852. The van der Waals surface area contributed by atoms with Crippen molar-refractivity contribution in [2.45, 2.75) is 58.5 Å². The van der Waals surface area contributed by atoms with Crippen molar-refractivity contribution in [3.05, 3.63) is 129 Å². The van der Waals surface area contributed by atoms with Crippen molar-refractivity contribution in [2.24, 2.45) is 20.5 Å². The van der Waals surface area contributed by atoms with Crippen LogP contribution in [-0.4, -0.2) is 72.3 Å². The molecule has 0 aliphatic rings. The van der Waals surface area contributed by atoms with Crippen molar-refractivity contribution in [1.29, 1.82) is 0 Å². The molecule has 0 aliphatic carbocycles. The zero-order chi connectivity index (χ0) is 50.9. The molecule has 0 saturated heterocycles. The van der Waals surface area contributed by atoms with Gasteiger partial charge in [-0.25, -0.2) is 0 Å². The highest BCUT2D eigenvalue weighted by Crippen LogP contribution is 2.31. The lowest BCUT2D eigenvalue weighted by molar-refractivity contribution is -0.127. The lowest BCUT2D eigenvalue weighted by Gasteiger charge is -2.15. The van der Waals surface area contributed by atoms with Gasteiger partial charge in [-0.1, -0.05) is 35.3 Å². The Bertz CT molecular complexity index is 2830. The predicted molar refractivity (Wildman–Crippen MR) is 274 cm³/mol. The van der Waals surface area contributed by atoms with Gasteiger partial charge in [0.1, 0.15) is 11.5 Å². The number of aryl methyl sites for hydroxylation is 2. The number of azo groups is 2. The molecular weight excluding hydrogens is 1010 g/mol. The van der Waals surface area contributed by atoms with Crippen LogP contribution < -0.4 is 30.7 Å². The first-order valence-corrected chi connectivity index (χ1v) is 23.9. The van der Waals surface area contributed by atoms with Gasteiger partial charge in [0.2, 0.25) is 12.1 Å². The number of ketones is 2. The van der Waals surface area contributed by atoms with E-state index in [-0.39, 0.29) is 49.8 Å². The number of carbonyl (C=O) groups excluding carboxylic acids is 6. The van der Waals surface area contributed by atoms with Crippen molar-refractivity contribution < 1.29 is 38.2 Å². The minimum atomic E-state index is -1.63. The molecule has 0 fully saturated rings. The van der Waals surface area contributed by atoms with Gasteiger partial charge in [0.25, 0.3) is 23.6 Å². The molecule has 0 bridgehead atoms. The Kier molecular flexibility index (Phi) is 20.7. The fraction of sp³-hybridized carbons (Fsp3) is 0.265. The van der Waals surface area contributed by atoms with Crippen LogP contribution in [0.1, 0.15) is 65.1 Å². The molecule has 16 nitrogen and oxygen atoms in total. The van der Waals surface area contributed by atoms with E-state index in [1.54, 1.807) is 24.3 Å². The van der Waals surface area contributed by atoms with Crippen molar-refractivity contribution in [2.75, 3.05) is 46.2 Å². The summed E-state index contributed by atoms with van der Waals surface area (Å²) in [6.07, 6.45) is 1.23. The normalized spacial score (nSPS) is 12.0. The van der Waals surface area contributed by atoms with Gasteiger partial charge < -0.3 is 30.7 Å². The van der Waals surface area contributed by atoms with Crippen LogP contribution in [0.2, 0.25) is 10.0 Å². The molecule has 70 heavy (non-hydrogen) atoms. The third-order valence-electron chi connectivity index (χ3n) is 9.86. The van der Waals surface area contributed by atoms with E-state index in [0.717, 1.165) is 25.0 Å². The van der Waals surface area contributed by atoms with E-state index in [1.807, 2.05) is 26.0 Å². The van der Waals surface area contributed by atoms with Crippen LogP contribution in [0.25, 0.3) is 0 Å². The predicted octanol–water partition coefficient (Wildman–Crippen LogP) is 12.0. The molecule has 5 aromatic carbocycles. The third-order valence-corrected chi connectivity index (χ3v) is 11.0. The maximum absolute atomic E-state index is 13.5. The van der Waals surface area contributed by atoms with Crippen molar-refractivity contribution in [1.82, 2.24) is 0 Å². The molecular formula is C49H47Cl5N8O8. The number of nitrogens with zero attached hydrogens (tertiary/aromatic N) is 4. The lowest BCUT2D eigenvalue weighted by Crippen LogP contribution is -2.32. The van der Waals surface area contributed by atoms with Crippen LogP contribution in [0.5, 0.6) is 11.5 Å². The Morgan fingerprint density at radius 1 is 0.543 bits per heavy atom. The zero-order valence-electron chi connectivity index (χ0n) is 38.2. The van der Waals surface area contributed by atoms with Gasteiger partial charge in [-0.2, -0.15) is 20.5 Å². The maximum Gasteiger partial charge on any atom is 0.258 e. The molecule has 21 heteroatoms. The van der Waals surface area contributed by atoms with E-state index in [1.165, 1.54) is 54.6 Å². The molecule has 2 unspecified atom stereocenters. The summed E-state index contributed by atoms with van der Waals surface area (Å²) in [6.45, 7) is 6.67. The lowest BCUT2D eigenvalue weighted by atomic mass is 10.1. The quantitative estimate of drug-likeness (QED) is 0.0279. The number of ether oxygens (including phenoxy) is 2. The largest absolute Gasteiger partial charge is 0.492 e. The Morgan fingerprint density at radius 3 is 1.40 bits per heavy atom. The van der Waals surface area contributed by atoms with Crippen LogP contribution in [0.3, 0.4) is 0 Å². The zero-order valence-corrected chi connectivity index (χ0v) is 42.0. The van der Waals surface area contributed by atoms with Gasteiger partial charge in [0.15, 0.2) is 11.6 Å². The second kappa shape index (κ2) is 26.5. The van der Waals surface area contributed by atoms with Gasteiger partial charge in [-0.05, 0) is 136 Å². The first-order chi connectivity index (χ1) is 33.5. The van der Waals surface area contributed by atoms with Gasteiger partial charge in [0, 0.05) is 50.2 Å². The van der Waals surface area contributed by atoms with Crippen LogP contribution in [0.15, 0.2) is 111 Å². The Hall–Kier alpha value is -6.43. The number of nitrogens with one attached hydrogen (secondary N) is 4. The van der Waals surface area contributed by atoms with Crippen LogP contribution in [0.4, 0.5) is 34.1 Å². The standard InChI is InChI=1S/C49H47Cl5N8O8/c1-5-69-42-17-29(13-15-50)7-10-40(42)57-46(65)31-19-34(53)24-37(21-31)59-61-44(27(3)63)48(67)55-36-9-12-39(33(23-36)26-52)56-49(68)45(28(4)64)62-60-38-22-32(20-35(54)25-38)47(66)58-41-11-8-30(14-16-51)18-43(41)70-6-2/h7-12,17-25,44-45H,5-6,13-16,26H2,1-4H3,(H,55,67)(H,56,68)(H,57,65)(H,58,66). The topological polar surface area (TPSA) is 218 Å². The molecule has 0 heterocycles. The molecule has 5 rings (SSSR count). The van der Waals surface area contributed by atoms with E-state index in [0.29, 0.717) is 66.3 Å². The summed E-state index contributed by atoms with van der Waals surface area (Å²) in [7, 11) is 0. The number of anilines is 4. The highest BCUT2D eigenvalue weighted by Gasteiger charge is 2.26. The Labute approximate surface area is 428 Å². The number of hydrogen-bond donors (Lipinski definition) is 4. The number of Topliss-reactive ketones (excluding diaryl/α,β-unsaturated/α-hetero) is 2. The number of alkyl halides is 3. The monoisotopic (exact) mass is 1050 g/mol. The van der Waals surface area contributed by atoms with Crippen molar-refractivity contribution in [3.63, 3.8) is 0 Å². The molecule has 2 atom stereocenters. The highest BCUT2D eigenvalue weighted by molar-refractivity contribution is 6.32. The highest BCUT2D eigenvalue weighted by atomic mass is 35.5. The molecule has 0 radical (unpaired) electrons. The second-order valence-corrected chi connectivity index (χ2v) is 17.0. The van der Waals surface area contributed by atoms with E-state index >= 15 is 0 Å². The summed E-state index contributed by atoms with van der Waals surface area (Å²) in [5, 5.41) is 27.2. The SMILES string of the molecule is CCOc1cc(CCCl)ccc1NC(=O)c1cc(Cl)cc(N=NC(C(C)=O)C(=O)Nc2ccc(NC(=O)C(N=Nc3cc(Cl)cc(C(=O)Nc4ccc(CCCl)cc4OCC)c3)C(C)=O)c(CCl)c2)c1. The van der Waals surface area contributed by atoms with Crippen LogP contribution in [0, 0.1) is 0 Å². The average Bonchev–Trinajstić information content (AvgIpc) is 3.31. The summed E-state index contributed by atoms with van der Waals surface area (Å²) >= 11 is 30.7. The minimum Gasteiger partial charge on any atom is -0.492 e. The van der Waals surface area contributed by atoms with Crippen molar-refractivity contribution >= 4 is 127 Å². The molecule has 4 amide bonds. The fourth-order valence-corrected chi connectivity index (χ4v) is 7.65. The summed E-state index contributed by atoms with van der Waals surface area (Å²) in [5.74, 6) is -2.47. The van der Waals surface area contributed by atoms with E-state index in [4.69, 9.17) is 67.5 Å². The Balaban J connectivity index is 1.26. The van der Waals surface area contributed by atoms with Crippen molar-refractivity contribution in [3.8, 4) is 11.5 Å². The molecule has 0 aliphatic heterocycles. The Morgan fingerprint density at radius 2 is 0.986 bits per heavy atom. The molecule has 4 N–H and O–H groups in total. The van der Waals surface area contributed by atoms with Gasteiger partial charge in [-0.15, -0.1) is 34.8 Å². The van der Waals surface area contributed by atoms with Gasteiger partial charge in [0.05, 0.1) is 36.0 Å². The number of amides is 4. The number of halogens is 5. The van der Waals surface area contributed by atoms with E-state index < -0.39 is 47.3 Å². The summed E-state index contributed by atoms with van der Waals surface area (Å²) in [6, 6.07) is 20.1.